The molecule has 0 spiro atoms. The standard InChI is InChI=1S/C17H39NO5Si2/c1-6-10-11-19-13-16-12-18(15-25(5,23-16)22-9-4)14-24-17(20-7-2)21-8-3/h16-17H,6-15,24H2,1-5H3. The molecule has 0 N–H and O–H groups in total. The molecule has 1 rings (SSSR count). The van der Waals surface area contributed by atoms with Gasteiger partial charge in [0.05, 0.1) is 12.7 Å². The van der Waals surface area contributed by atoms with Crippen LogP contribution < -0.4 is 0 Å². The van der Waals surface area contributed by atoms with Gasteiger partial charge < -0.3 is 28.0 Å². The van der Waals surface area contributed by atoms with Crippen LogP contribution in [-0.4, -0.2) is 86.9 Å². The number of unbranched alkanes of at least 4 members (excludes halogenated alkanes) is 1. The Balaban J connectivity index is 2.54. The molecular formula is C17H39NO5Si2. The normalized spacial score (nSPS) is 25.4. The van der Waals surface area contributed by atoms with Crippen LogP contribution in [0.1, 0.15) is 40.5 Å². The summed E-state index contributed by atoms with van der Waals surface area (Å²) in [6.45, 7) is 15.0. The van der Waals surface area contributed by atoms with Crippen molar-refractivity contribution in [3.63, 3.8) is 0 Å². The minimum Gasteiger partial charge on any atom is -0.394 e. The minimum atomic E-state index is -2.15. The van der Waals surface area contributed by atoms with E-state index < -0.39 is 18.1 Å². The maximum absolute atomic E-state index is 6.33. The lowest BCUT2D eigenvalue weighted by Crippen LogP contribution is -2.61. The lowest BCUT2D eigenvalue weighted by atomic mass is 10.3. The molecule has 0 aromatic rings. The van der Waals surface area contributed by atoms with Crippen molar-refractivity contribution >= 4 is 18.1 Å². The van der Waals surface area contributed by atoms with E-state index >= 15 is 0 Å². The highest BCUT2D eigenvalue weighted by atomic mass is 28.4. The SMILES string of the molecule is CCCCOCC1CN(C[SiH2]C(OCC)OCC)C[Si](C)(OCC)O1. The van der Waals surface area contributed by atoms with E-state index in [-0.39, 0.29) is 12.0 Å². The van der Waals surface area contributed by atoms with E-state index in [9.17, 15) is 0 Å². The van der Waals surface area contributed by atoms with Crippen LogP contribution in [-0.2, 0) is 23.1 Å². The smallest absolute Gasteiger partial charge is 0.349 e. The first-order chi connectivity index (χ1) is 12.1. The molecule has 1 heterocycles. The zero-order valence-electron chi connectivity index (χ0n) is 16.9. The van der Waals surface area contributed by atoms with Gasteiger partial charge in [-0.25, -0.2) is 0 Å². The highest BCUT2D eigenvalue weighted by Crippen LogP contribution is 2.19. The lowest BCUT2D eigenvalue weighted by Gasteiger charge is -2.42. The average molecular weight is 394 g/mol. The van der Waals surface area contributed by atoms with Crippen LogP contribution in [0.5, 0.6) is 0 Å². The van der Waals surface area contributed by atoms with Crippen LogP contribution in [0.2, 0.25) is 6.55 Å². The van der Waals surface area contributed by atoms with Gasteiger partial charge in [-0.1, -0.05) is 13.3 Å². The molecule has 6 nitrogen and oxygen atoms in total. The van der Waals surface area contributed by atoms with E-state index in [4.69, 9.17) is 23.1 Å². The Morgan fingerprint density at radius 2 is 1.88 bits per heavy atom. The van der Waals surface area contributed by atoms with Crippen molar-refractivity contribution in [2.24, 2.45) is 0 Å². The average Bonchev–Trinajstić information content (AvgIpc) is 2.57. The third kappa shape index (κ3) is 9.62. The molecular weight excluding hydrogens is 354 g/mol. The molecule has 2 atom stereocenters. The fourth-order valence-electron chi connectivity index (χ4n) is 3.16. The summed E-state index contributed by atoms with van der Waals surface area (Å²) in [4.78, 5) is 2.50. The van der Waals surface area contributed by atoms with E-state index in [1.54, 1.807) is 0 Å². The first kappa shape index (κ1) is 23.2. The fraction of sp³-hybridized carbons (Fsp3) is 1.00. The Morgan fingerprint density at radius 3 is 2.48 bits per heavy atom. The second-order valence-electron chi connectivity index (χ2n) is 6.60. The van der Waals surface area contributed by atoms with Crippen LogP contribution in [0, 0.1) is 0 Å². The second kappa shape index (κ2) is 13.4. The summed E-state index contributed by atoms with van der Waals surface area (Å²) in [6.07, 6.45) is 4.36. The van der Waals surface area contributed by atoms with E-state index in [1.165, 1.54) is 0 Å². The predicted octanol–water partition coefficient (Wildman–Crippen LogP) is 1.63. The zero-order valence-corrected chi connectivity index (χ0v) is 19.3. The fourth-order valence-corrected chi connectivity index (χ4v) is 7.99. The monoisotopic (exact) mass is 393 g/mol. The lowest BCUT2D eigenvalue weighted by molar-refractivity contribution is -0.0838. The minimum absolute atomic E-state index is 0.0112. The van der Waals surface area contributed by atoms with Crippen LogP contribution in [0.4, 0.5) is 0 Å². The van der Waals surface area contributed by atoms with Crippen LogP contribution in [0.3, 0.4) is 0 Å². The molecule has 0 radical (unpaired) electrons. The Bertz CT molecular complexity index is 334. The molecule has 0 aromatic carbocycles. The third-order valence-corrected chi connectivity index (χ3v) is 8.76. The van der Waals surface area contributed by atoms with Crippen molar-refractivity contribution in [1.82, 2.24) is 4.90 Å². The molecule has 150 valence electrons. The molecule has 1 aliphatic rings. The van der Waals surface area contributed by atoms with E-state index in [0.29, 0.717) is 26.4 Å². The zero-order chi connectivity index (χ0) is 18.5. The number of nitrogens with zero attached hydrogens (tertiary/aromatic N) is 1. The molecule has 1 saturated heterocycles. The summed E-state index contributed by atoms with van der Waals surface area (Å²) in [5, 5.41) is 0. The van der Waals surface area contributed by atoms with Crippen LogP contribution >= 0.6 is 0 Å². The topological polar surface area (TPSA) is 49.4 Å². The number of hydrogen-bond donors (Lipinski definition) is 0. The largest absolute Gasteiger partial charge is 0.394 e. The Kier molecular flexibility index (Phi) is 12.4. The first-order valence-corrected chi connectivity index (χ1v) is 14.3. The Hall–Kier alpha value is 0.194. The van der Waals surface area contributed by atoms with Crippen molar-refractivity contribution in [3.8, 4) is 0 Å². The van der Waals surface area contributed by atoms with Gasteiger partial charge >= 0.3 is 8.56 Å². The summed E-state index contributed by atoms with van der Waals surface area (Å²) in [5.74, 6) is 0.0112. The van der Waals surface area contributed by atoms with Gasteiger partial charge in [-0.2, -0.15) is 0 Å². The number of ether oxygens (including phenoxy) is 3. The molecule has 0 bridgehead atoms. The highest BCUT2D eigenvalue weighted by molar-refractivity contribution is 6.66. The number of hydrogen-bond acceptors (Lipinski definition) is 6. The molecule has 1 fully saturated rings. The molecule has 0 aromatic heterocycles. The number of rotatable bonds is 14. The third-order valence-electron chi connectivity index (χ3n) is 4.17. The molecule has 0 aliphatic carbocycles. The summed E-state index contributed by atoms with van der Waals surface area (Å²) in [6, 6.07) is 0. The van der Waals surface area contributed by atoms with Crippen molar-refractivity contribution in [2.45, 2.75) is 59.1 Å². The highest BCUT2D eigenvalue weighted by Gasteiger charge is 2.41. The maximum Gasteiger partial charge on any atom is 0.349 e. The first-order valence-electron chi connectivity index (χ1n) is 9.91. The van der Waals surface area contributed by atoms with E-state index in [1.807, 2.05) is 20.8 Å². The molecule has 25 heavy (non-hydrogen) atoms. The van der Waals surface area contributed by atoms with Crippen LogP contribution in [0.15, 0.2) is 0 Å². The van der Waals surface area contributed by atoms with Gasteiger partial charge in [-0.3, -0.25) is 0 Å². The van der Waals surface area contributed by atoms with Gasteiger partial charge in [0, 0.05) is 39.1 Å². The van der Waals surface area contributed by atoms with Crippen molar-refractivity contribution in [1.29, 1.82) is 0 Å². The van der Waals surface area contributed by atoms with Gasteiger partial charge in [0.1, 0.15) is 15.4 Å². The Labute approximate surface area is 157 Å². The van der Waals surface area contributed by atoms with Gasteiger partial charge in [-0.15, -0.1) is 0 Å². The summed E-state index contributed by atoms with van der Waals surface area (Å²) < 4.78 is 29.6. The molecule has 2 unspecified atom stereocenters. The Morgan fingerprint density at radius 1 is 1.16 bits per heavy atom. The summed E-state index contributed by atoms with van der Waals surface area (Å²) in [7, 11) is -2.66. The van der Waals surface area contributed by atoms with E-state index in [0.717, 1.165) is 38.3 Å². The van der Waals surface area contributed by atoms with Gasteiger partial charge in [0.2, 0.25) is 0 Å². The predicted molar refractivity (Wildman–Crippen MR) is 106 cm³/mol. The molecule has 0 amide bonds. The van der Waals surface area contributed by atoms with Crippen molar-refractivity contribution < 1.29 is 23.1 Å². The maximum atomic E-state index is 6.33. The second-order valence-corrected chi connectivity index (χ2v) is 11.4. The van der Waals surface area contributed by atoms with Crippen molar-refractivity contribution in [2.75, 3.05) is 51.9 Å². The molecule has 0 saturated carbocycles. The van der Waals surface area contributed by atoms with Gasteiger partial charge in [0.25, 0.3) is 0 Å². The quantitative estimate of drug-likeness (QED) is 0.254. The van der Waals surface area contributed by atoms with Gasteiger partial charge in [0.15, 0.2) is 0 Å². The van der Waals surface area contributed by atoms with Crippen LogP contribution in [0.25, 0.3) is 0 Å². The molecule has 1 aliphatic heterocycles. The summed E-state index contributed by atoms with van der Waals surface area (Å²) in [5.41, 5.74) is 0. The van der Waals surface area contributed by atoms with Crippen molar-refractivity contribution in [3.05, 3.63) is 0 Å². The van der Waals surface area contributed by atoms with E-state index in [2.05, 4.69) is 18.4 Å². The molecule has 8 heteroatoms. The van der Waals surface area contributed by atoms with Gasteiger partial charge in [-0.05, 0) is 39.9 Å². The summed E-state index contributed by atoms with van der Waals surface area (Å²) >= 11 is 0.